The Kier molecular flexibility index (Phi) is 4.58. The Morgan fingerprint density at radius 1 is 1.42 bits per heavy atom. The first kappa shape index (κ1) is 13.6. The zero-order valence-corrected chi connectivity index (χ0v) is 11.2. The van der Waals surface area contributed by atoms with Crippen molar-refractivity contribution in [1.82, 2.24) is 4.98 Å². The van der Waals surface area contributed by atoms with Crippen molar-refractivity contribution >= 4 is 16.9 Å². The Balaban J connectivity index is 1.94. The summed E-state index contributed by atoms with van der Waals surface area (Å²) in [5.74, 6) is -0.327. The number of aromatic nitrogens is 1. The second-order valence-corrected chi connectivity index (χ2v) is 4.71. The van der Waals surface area contributed by atoms with Crippen LogP contribution in [0.1, 0.15) is 25.5 Å². The third-order valence-corrected chi connectivity index (χ3v) is 3.07. The van der Waals surface area contributed by atoms with Crippen LogP contribution in [0.3, 0.4) is 0 Å². The number of para-hydroxylation sites is 1. The van der Waals surface area contributed by atoms with E-state index in [-0.39, 0.29) is 5.97 Å². The lowest BCUT2D eigenvalue weighted by atomic mass is 10.1. The number of rotatable bonds is 6. The highest BCUT2D eigenvalue weighted by Gasteiger charge is 2.16. The molecule has 0 spiro atoms. The molecule has 0 aliphatic rings. The fourth-order valence-corrected chi connectivity index (χ4v) is 1.99. The molecule has 19 heavy (non-hydrogen) atoms. The van der Waals surface area contributed by atoms with Gasteiger partial charge in [0.2, 0.25) is 0 Å². The quantitative estimate of drug-likeness (QED) is 0.619. The number of carbonyl (C=O) groups is 1. The largest absolute Gasteiger partial charge is 0.465 e. The van der Waals surface area contributed by atoms with E-state index in [0.29, 0.717) is 13.0 Å². The van der Waals surface area contributed by atoms with Crippen LogP contribution >= 0.6 is 0 Å². The minimum atomic E-state index is -0.607. The summed E-state index contributed by atoms with van der Waals surface area (Å²) in [4.78, 5) is 14.9. The number of unbranched alkanes of at least 4 members (excludes halogenated alkanes) is 1. The van der Waals surface area contributed by atoms with Crippen LogP contribution in [0.25, 0.3) is 10.9 Å². The van der Waals surface area contributed by atoms with Crippen LogP contribution in [-0.2, 0) is 16.0 Å². The second kappa shape index (κ2) is 6.38. The number of fused-ring (bicyclic) bond motifs is 1. The molecule has 1 aromatic carbocycles. The normalized spacial score (nSPS) is 12.5. The van der Waals surface area contributed by atoms with Crippen molar-refractivity contribution in [3.63, 3.8) is 0 Å². The highest BCUT2D eigenvalue weighted by Crippen LogP contribution is 2.15. The number of H-pyrrole nitrogens is 1. The summed E-state index contributed by atoms with van der Waals surface area (Å²) in [5, 5.41) is 1.13. The first-order valence-corrected chi connectivity index (χ1v) is 6.69. The third kappa shape index (κ3) is 3.58. The van der Waals surface area contributed by atoms with Crippen LogP contribution in [0.5, 0.6) is 0 Å². The van der Waals surface area contributed by atoms with Crippen LogP contribution in [-0.4, -0.2) is 23.6 Å². The molecule has 4 heteroatoms. The standard InChI is InChI=1S/C15H20N2O2/c1-2-3-8-19-15(18)13(16)10-12-9-11-6-4-5-7-14(11)17-12/h4-7,9,13,17H,2-3,8,10,16H2,1H3. The van der Waals surface area contributed by atoms with Gasteiger partial charge in [0.05, 0.1) is 6.61 Å². The van der Waals surface area contributed by atoms with Crippen LogP contribution < -0.4 is 5.73 Å². The molecule has 0 bridgehead atoms. The minimum absolute atomic E-state index is 0.327. The van der Waals surface area contributed by atoms with Gasteiger partial charge in [0, 0.05) is 17.6 Å². The number of esters is 1. The molecular formula is C15H20N2O2. The predicted octanol–water partition coefficient (Wildman–Crippen LogP) is 2.38. The first-order chi connectivity index (χ1) is 9.20. The first-order valence-electron chi connectivity index (χ1n) is 6.69. The molecule has 102 valence electrons. The molecule has 0 fully saturated rings. The lowest BCUT2D eigenvalue weighted by Gasteiger charge is -2.10. The molecular weight excluding hydrogens is 240 g/mol. The number of carbonyl (C=O) groups excluding carboxylic acids is 1. The molecule has 0 aliphatic carbocycles. The zero-order valence-electron chi connectivity index (χ0n) is 11.2. The van der Waals surface area contributed by atoms with Crippen LogP contribution in [0, 0.1) is 0 Å². The van der Waals surface area contributed by atoms with E-state index in [1.165, 1.54) is 0 Å². The van der Waals surface area contributed by atoms with Gasteiger partial charge in [-0.2, -0.15) is 0 Å². The average molecular weight is 260 g/mol. The van der Waals surface area contributed by atoms with Crippen molar-refractivity contribution in [1.29, 1.82) is 0 Å². The summed E-state index contributed by atoms with van der Waals surface area (Å²) in [6.07, 6.45) is 2.36. The van der Waals surface area contributed by atoms with Crippen molar-refractivity contribution in [2.45, 2.75) is 32.2 Å². The van der Waals surface area contributed by atoms with Gasteiger partial charge in [-0.25, -0.2) is 0 Å². The van der Waals surface area contributed by atoms with E-state index in [1.807, 2.05) is 30.3 Å². The van der Waals surface area contributed by atoms with Crippen molar-refractivity contribution in [2.75, 3.05) is 6.61 Å². The van der Waals surface area contributed by atoms with Gasteiger partial charge in [0.15, 0.2) is 0 Å². The molecule has 0 saturated carbocycles. The highest BCUT2D eigenvalue weighted by molar-refractivity contribution is 5.81. The Bertz CT molecular complexity index is 515. The Morgan fingerprint density at radius 2 is 2.21 bits per heavy atom. The fraction of sp³-hybridized carbons (Fsp3) is 0.400. The molecule has 0 amide bonds. The predicted molar refractivity (Wildman–Crippen MR) is 75.8 cm³/mol. The molecule has 2 rings (SSSR count). The van der Waals surface area contributed by atoms with E-state index in [1.54, 1.807) is 0 Å². The maximum atomic E-state index is 11.7. The van der Waals surface area contributed by atoms with Crippen molar-refractivity contribution in [3.05, 3.63) is 36.0 Å². The third-order valence-electron chi connectivity index (χ3n) is 3.07. The van der Waals surface area contributed by atoms with Gasteiger partial charge < -0.3 is 15.5 Å². The van der Waals surface area contributed by atoms with Crippen molar-refractivity contribution < 1.29 is 9.53 Å². The lowest BCUT2D eigenvalue weighted by molar-refractivity contribution is -0.145. The smallest absolute Gasteiger partial charge is 0.323 e. The summed E-state index contributed by atoms with van der Waals surface area (Å²) >= 11 is 0. The molecule has 1 heterocycles. The Morgan fingerprint density at radius 3 is 2.95 bits per heavy atom. The average Bonchev–Trinajstić information content (AvgIpc) is 2.80. The summed E-state index contributed by atoms with van der Waals surface area (Å²) in [6.45, 7) is 2.51. The highest BCUT2D eigenvalue weighted by atomic mass is 16.5. The topological polar surface area (TPSA) is 68.1 Å². The molecule has 0 aliphatic heterocycles. The summed E-state index contributed by atoms with van der Waals surface area (Å²) in [7, 11) is 0. The second-order valence-electron chi connectivity index (χ2n) is 4.71. The fourth-order valence-electron chi connectivity index (χ4n) is 1.99. The molecule has 0 radical (unpaired) electrons. The van der Waals surface area contributed by atoms with Gasteiger partial charge in [0.1, 0.15) is 6.04 Å². The molecule has 0 saturated heterocycles. The molecule has 1 atom stereocenters. The van der Waals surface area contributed by atoms with Gasteiger partial charge in [-0.1, -0.05) is 31.5 Å². The summed E-state index contributed by atoms with van der Waals surface area (Å²) in [5.41, 5.74) is 7.88. The molecule has 1 unspecified atom stereocenters. The molecule has 4 nitrogen and oxygen atoms in total. The van der Waals surface area contributed by atoms with Gasteiger partial charge in [-0.05, 0) is 23.9 Å². The minimum Gasteiger partial charge on any atom is -0.465 e. The van der Waals surface area contributed by atoms with E-state index in [2.05, 4.69) is 11.9 Å². The van der Waals surface area contributed by atoms with Crippen LogP contribution in [0.4, 0.5) is 0 Å². The number of hydrogen-bond donors (Lipinski definition) is 2. The Hall–Kier alpha value is -1.81. The number of benzene rings is 1. The molecule has 3 N–H and O–H groups in total. The number of aromatic amines is 1. The number of nitrogens with one attached hydrogen (secondary N) is 1. The number of hydrogen-bond acceptors (Lipinski definition) is 3. The summed E-state index contributed by atoms with van der Waals surface area (Å²) < 4.78 is 5.11. The Labute approximate surface area is 112 Å². The van der Waals surface area contributed by atoms with E-state index in [4.69, 9.17) is 10.5 Å². The van der Waals surface area contributed by atoms with E-state index < -0.39 is 6.04 Å². The molecule has 2 aromatic rings. The van der Waals surface area contributed by atoms with Crippen molar-refractivity contribution in [3.8, 4) is 0 Å². The van der Waals surface area contributed by atoms with Crippen LogP contribution in [0.2, 0.25) is 0 Å². The summed E-state index contributed by atoms with van der Waals surface area (Å²) in [6, 6.07) is 9.41. The van der Waals surface area contributed by atoms with E-state index >= 15 is 0 Å². The van der Waals surface area contributed by atoms with Gasteiger partial charge in [-0.15, -0.1) is 0 Å². The maximum absolute atomic E-state index is 11.7. The van der Waals surface area contributed by atoms with Gasteiger partial charge >= 0.3 is 5.97 Å². The molecule has 1 aromatic heterocycles. The number of ether oxygens (including phenoxy) is 1. The lowest BCUT2D eigenvalue weighted by Crippen LogP contribution is -2.34. The zero-order chi connectivity index (χ0) is 13.7. The monoisotopic (exact) mass is 260 g/mol. The maximum Gasteiger partial charge on any atom is 0.323 e. The number of nitrogens with two attached hydrogens (primary N) is 1. The van der Waals surface area contributed by atoms with Gasteiger partial charge in [-0.3, -0.25) is 4.79 Å². The van der Waals surface area contributed by atoms with E-state index in [9.17, 15) is 4.79 Å². The van der Waals surface area contributed by atoms with Gasteiger partial charge in [0.25, 0.3) is 0 Å². The van der Waals surface area contributed by atoms with Crippen LogP contribution in [0.15, 0.2) is 30.3 Å². The van der Waals surface area contributed by atoms with E-state index in [0.717, 1.165) is 29.4 Å². The SMILES string of the molecule is CCCCOC(=O)C(N)Cc1cc2ccccc2[nH]1. The van der Waals surface area contributed by atoms with Crippen molar-refractivity contribution in [2.24, 2.45) is 5.73 Å².